The number of nitrogens with one attached hydrogen (secondary N) is 1. The van der Waals surface area contributed by atoms with Gasteiger partial charge in [0, 0.05) is 11.8 Å². The zero-order chi connectivity index (χ0) is 8.27. The lowest BCUT2D eigenvalue weighted by molar-refractivity contribution is 0.395. The minimum atomic E-state index is 0.663. The predicted octanol–water partition coefficient (Wildman–Crippen LogP) is 1.81. The van der Waals surface area contributed by atoms with Crippen molar-refractivity contribution in [2.24, 2.45) is 10.9 Å². The van der Waals surface area contributed by atoms with Crippen molar-refractivity contribution in [2.45, 2.75) is 39.7 Å². The smallest absolute Gasteiger partial charge is 0.0885 e. The molecular formula is C9H18N2. The second-order valence-electron chi connectivity index (χ2n) is 3.64. The zero-order valence-electron chi connectivity index (χ0n) is 7.72. The van der Waals surface area contributed by atoms with Gasteiger partial charge in [0.2, 0.25) is 0 Å². The molecule has 0 aromatic rings. The summed E-state index contributed by atoms with van der Waals surface area (Å²) in [6, 6.07) is 0.663. The normalized spacial score (nSPS) is 26.5. The summed E-state index contributed by atoms with van der Waals surface area (Å²) < 4.78 is 0. The van der Waals surface area contributed by atoms with Gasteiger partial charge in [-0.3, -0.25) is 10.3 Å². The van der Waals surface area contributed by atoms with Crippen LogP contribution in [0.2, 0.25) is 0 Å². The van der Waals surface area contributed by atoms with Crippen molar-refractivity contribution in [1.82, 2.24) is 5.32 Å². The van der Waals surface area contributed by atoms with E-state index < -0.39 is 0 Å². The fourth-order valence-corrected chi connectivity index (χ4v) is 1.41. The van der Waals surface area contributed by atoms with E-state index in [-0.39, 0.29) is 0 Å². The second-order valence-corrected chi connectivity index (χ2v) is 3.64. The van der Waals surface area contributed by atoms with E-state index in [2.05, 4.69) is 31.1 Å². The molecule has 1 N–H and O–H groups in total. The molecule has 0 spiro atoms. The minimum absolute atomic E-state index is 0.663. The Hall–Kier alpha value is -0.370. The summed E-state index contributed by atoms with van der Waals surface area (Å²) in [5, 5.41) is 3.42. The van der Waals surface area contributed by atoms with Crippen LogP contribution in [0.4, 0.5) is 0 Å². The molecular weight excluding hydrogens is 136 g/mol. The number of rotatable bonds is 1. The van der Waals surface area contributed by atoms with Crippen molar-refractivity contribution >= 4 is 5.71 Å². The third-order valence-electron chi connectivity index (χ3n) is 2.32. The molecule has 1 heterocycles. The van der Waals surface area contributed by atoms with E-state index >= 15 is 0 Å². The molecule has 1 aliphatic rings. The summed E-state index contributed by atoms with van der Waals surface area (Å²) in [6.07, 6.45) is 2.41. The Morgan fingerprint density at radius 3 is 2.91 bits per heavy atom. The molecule has 0 aliphatic carbocycles. The summed E-state index contributed by atoms with van der Waals surface area (Å²) in [7, 11) is 0. The third-order valence-corrected chi connectivity index (χ3v) is 2.32. The van der Waals surface area contributed by atoms with Gasteiger partial charge in [-0.05, 0) is 25.7 Å². The van der Waals surface area contributed by atoms with E-state index in [0.29, 0.717) is 6.04 Å². The van der Waals surface area contributed by atoms with Gasteiger partial charge in [0.1, 0.15) is 0 Å². The van der Waals surface area contributed by atoms with Crippen LogP contribution in [0.25, 0.3) is 0 Å². The summed E-state index contributed by atoms with van der Waals surface area (Å²) >= 11 is 0. The molecule has 0 fully saturated rings. The fraction of sp³-hybridized carbons (Fsp3) is 0.889. The number of aliphatic imine (C=N–C) groups is 1. The van der Waals surface area contributed by atoms with Gasteiger partial charge < -0.3 is 0 Å². The largest absolute Gasteiger partial charge is 0.295 e. The molecule has 0 amide bonds. The Morgan fingerprint density at radius 2 is 2.27 bits per heavy atom. The highest BCUT2D eigenvalue weighted by Gasteiger charge is 2.14. The third kappa shape index (κ3) is 2.62. The Kier molecular flexibility index (Phi) is 3.06. The van der Waals surface area contributed by atoms with Gasteiger partial charge in [-0.15, -0.1) is 0 Å². The Labute approximate surface area is 69.1 Å². The molecule has 0 aromatic carbocycles. The number of nitrogens with zero attached hydrogens (tertiary/aromatic N) is 1. The Bertz CT molecular complexity index is 150. The molecule has 11 heavy (non-hydrogen) atoms. The summed E-state index contributed by atoms with van der Waals surface area (Å²) in [4.78, 5) is 4.36. The van der Waals surface area contributed by atoms with Crippen LogP contribution in [0.3, 0.4) is 0 Å². The van der Waals surface area contributed by atoms with E-state index in [0.717, 1.165) is 19.0 Å². The van der Waals surface area contributed by atoms with Crippen LogP contribution in [0.15, 0.2) is 4.99 Å². The molecule has 0 radical (unpaired) electrons. The van der Waals surface area contributed by atoms with Gasteiger partial charge in [0.15, 0.2) is 0 Å². The van der Waals surface area contributed by atoms with Gasteiger partial charge in [-0.2, -0.15) is 0 Å². The molecule has 0 bridgehead atoms. The topological polar surface area (TPSA) is 24.4 Å². The van der Waals surface area contributed by atoms with Crippen LogP contribution in [0, 0.1) is 5.92 Å². The van der Waals surface area contributed by atoms with E-state index in [9.17, 15) is 0 Å². The lowest BCUT2D eigenvalue weighted by Crippen LogP contribution is -2.32. The van der Waals surface area contributed by atoms with Crippen LogP contribution < -0.4 is 5.32 Å². The Morgan fingerprint density at radius 1 is 1.55 bits per heavy atom. The number of hydrogen-bond donors (Lipinski definition) is 1. The van der Waals surface area contributed by atoms with Crippen molar-refractivity contribution in [3.8, 4) is 0 Å². The van der Waals surface area contributed by atoms with Crippen molar-refractivity contribution in [3.05, 3.63) is 0 Å². The first-order chi connectivity index (χ1) is 5.20. The SMILES string of the molecule is CC1=NCNC(C(C)C)CC1. The molecule has 1 rings (SSSR count). The molecule has 2 heteroatoms. The molecule has 1 unspecified atom stereocenters. The minimum Gasteiger partial charge on any atom is -0.295 e. The maximum atomic E-state index is 4.36. The standard InChI is InChI=1S/C9H18N2/c1-7(2)9-5-4-8(3)10-6-11-9/h7,9,11H,4-6H2,1-3H3. The average Bonchev–Trinajstić information content (AvgIpc) is 2.13. The first-order valence-electron chi connectivity index (χ1n) is 4.43. The molecule has 1 aliphatic heterocycles. The zero-order valence-corrected chi connectivity index (χ0v) is 7.72. The second kappa shape index (κ2) is 3.86. The highest BCUT2D eigenvalue weighted by Crippen LogP contribution is 2.11. The average molecular weight is 154 g/mol. The van der Waals surface area contributed by atoms with Crippen molar-refractivity contribution < 1.29 is 0 Å². The maximum Gasteiger partial charge on any atom is 0.0885 e. The molecule has 0 saturated carbocycles. The van der Waals surface area contributed by atoms with Gasteiger partial charge in [-0.1, -0.05) is 13.8 Å². The van der Waals surface area contributed by atoms with Crippen LogP contribution in [-0.2, 0) is 0 Å². The highest BCUT2D eigenvalue weighted by molar-refractivity contribution is 5.82. The molecule has 64 valence electrons. The summed E-state index contributed by atoms with van der Waals surface area (Å²) in [5.74, 6) is 0.732. The molecule has 0 saturated heterocycles. The first kappa shape index (κ1) is 8.72. The van der Waals surface area contributed by atoms with E-state index in [1.54, 1.807) is 0 Å². The molecule has 2 nitrogen and oxygen atoms in total. The quantitative estimate of drug-likeness (QED) is 0.612. The first-order valence-corrected chi connectivity index (χ1v) is 4.43. The van der Waals surface area contributed by atoms with Gasteiger partial charge in [-0.25, -0.2) is 0 Å². The van der Waals surface area contributed by atoms with Gasteiger partial charge in [0.05, 0.1) is 6.67 Å². The van der Waals surface area contributed by atoms with Crippen LogP contribution in [0.5, 0.6) is 0 Å². The van der Waals surface area contributed by atoms with Crippen LogP contribution >= 0.6 is 0 Å². The van der Waals surface area contributed by atoms with Gasteiger partial charge >= 0.3 is 0 Å². The van der Waals surface area contributed by atoms with Crippen LogP contribution in [-0.4, -0.2) is 18.4 Å². The lowest BCUT2D eigenvalue weighted by atomic mass is 9.99. The molecule has 1 atom stereocenters. The Balaban J connectivity index is 2.41. The van der Waals surface area contributed by atoms with E-state index in [1.165, 1.54) is 12.1 Å². The molecule has 0 aromatic heterocycles. The highest BCUT2D eigenvalue weighted by atomic mass is 15.0. The van der Waals surface area contributed by atoms with Crippen LogP contribution in [0.1, 0.15) is 33.6 Å². The van der Waals surface area contributed by atoms with Crippen molar-refractivity contribution in [2.75, 3.05) is 6.67 Å². The number of hydrogen-bond acceptors (Lipinski definition) is 2. The monoisotopic (exact) mass is 154 g/mol. The van der Waals surface area contributed by atoms with Crippen molar-refractivity contribution in [3.63, 3.8) is 0 Å². The fourth-order valence-electron chi connectivity index (χ4n) is 1.41. The van der Waals surface area contributed by atoms with E-state index in [4.69, 9.17) is 0 Å². The summed E-state index contributed by atoms with van der Waals surface area (Å²) in [5.41, 5.74) is 1.29. The van der Waals surface area contributed by atoms with Gasteiger partial charge in [0.25, 0.3) is 0 Å². The summed E-state index contributed by atoms with van der Waals surface area (Å²) in [6.45, 7) is 7.45. The van der Waals surface area contributed by atoms with E-state index in [1.807, 2.05) is 0 Å². The maximum absolute atomic E-state index is 4.36. The lowest BCUT2D eigenvalue weighted by Gasteiger charge is -2.18. The van der Waals surface area contributed by atoms with Crippen molar-refractivity contribution in [1.29, 1.82) is 0 Å². The predicted molar refractivity (Wildman–Crippen MR) is 49.0 cm³/mol.